The van der Waals surface area contributed by atoms with Crippen LogP contribution in [0.3, 0.4) is 0 Å². The van der Waals surface area contributed by atoms with Gasteiger partial charge < -0.3 is 10.5 Å². The lowest BCUT2D eigenvalue weighted by molar-refractivity contribution is -0.385. The second kappa shape index (κ2) is 3.81. The third-order valence-electron chi connectivity index (χ3n) is 1.52. The average molecular weight is 183 g/mol. The molecule has 1 aromatic rings. The Morgan fingerprint density at radius 1 is 1.69 bits per heavy atom. The minimum Gasteiger partial charge on any atom is -0.481 e. The van der Waals surface area contributed by atoms with Crippen LogP contribution >= 0.6 is 0 Å². The molecule has 6 nitrogen and oxygen atoms in total. The van der Waals surface area contributed by atoms with Crippen LogP contribution in [0.2, 0.25) is 0 Å². The maximum Gasteiger partial charge on any atom is 0.292 e. The van der Waals surface area contributed by atoms with Crippen LogP contribution in [0.1, 0.15) is 5.69 Å². The van der Waals surface area contributed by atoms with E-state index in [1.54, 1.807) is 0 Å². The van der Waals surface area contributed by atoms with E-state index in [0.717, 1.165) is 0 Å². The quantitative estimate of drug-likeness (QED) is 0.542. The molecule has 0 fully saturated rings. The highest BCUT2D eigenvalue weighted by molar-refractivity contribution is 5.37. The summed E-state index contributed by atoms with van der Waals surface area (Å²) in [5, 5.41) is 10.4. The van der Waals surface area contributed by atoms with Crippen molar-refractivity contribution in [3.63, 3.8) is 0 Å². The van der Waals surface area contributed by atoms with Crippen LogP contribution in [0.4, 0.5) is 5.69 Å². The first kappa shape index (κ1) is 9.40. The van der Waals surface area contributed by atoms with E-state index in [4.69, 9.17) is 10.5 Å². The zero-order chi connectivity index (χ0) is 9.84. The third-order valence-corrected chi connectivity index (χ3v) is 1.52. The molecular formula is C7H9N3O3. The summed E-state index contributed by atoms with van der Waals surface area (Å²) in [6.07, 6.45) is 0. The Morgan fingerprint density at radius 3 is 2.85 bits per heavy atom. The van der Waals surface area contributed by atoms with Crippen LogP contribution in [0, 0.1) is 10.1 Å². The van der Waals surface area contributed by atoms with Crippen molar-refractivity contribution in [3.8, 4) is 5.88 Å². The molecule has 0 unspecified atom stereocenters. The molecule has 0 spiro atoms. The number of ether oxygens (including phenoxy) is 1. The summed E-state index contributed by atoms with van der Waals surface area (Å²) in [5.41, 5.74) is 5.44. The third kappa shape index (κ3) is 1.91. The van der Waals surface area contributed by atoms with Crippen molar-refractivity contribution in [2.75, 3.05) is 7.11 Å². The number of methoxy groups -OCH3 is 1. The maximum absolute atomic E-state index is 10.4. The SMILES string of the molecule is COc1ccc([N+](=O)[O-])c(CN)n1. The second-order valence-corrected chi connectivity index (χ2v) is 2.28. The van der Waals surface area contributed by atoms with E-state index in [1.807, 2.05) is 0 Å². The number of pyridine rings is 1. The minimum atomic E-state index is -0.519. The van der Waals surface area contributed by atoms with Crippen molar-refractivity contribution in [2.24, 2.45) is 5.73 Å². The molecule has 0 atom stereocenters. The molecule has 1 heterocycles. The summed E-state index contributed by atoms with van der Waals surface area (Å²) >= 11 is 0. The molecule has 0 bridgehead atoms. The molecule has 0 aromatic carbocycles. The fourth-order valence-corrected chi connectivity index (χ4v) is 0.904. The highest BCUT2D eigenvalue weighted by Crippen LogP contribution is 2.19. The molecule has 0 amide bonds. The Morgan fingerprint density at radius 2 is 2.38 bits per heavy atom. The largest absolute Gasteiger partial charge is 0.481 e. The van der Waals surface area contributed by atoms with Crippen LogP contribution in [0.15, 0.2) is 12.1 Å². The summed E-state index contributed by atoms with van der Waals surface area (Å²) in [4.78, 5) is 13.8. The van der Waals surface area contributed by atoms with E-state index in [0.29, 0.717) is 5.88 Å². The van der Waals surface area contributed by atoms with Gasteiger partial charge in [0.2, 0.25) is 5.88 Å². The summed E-state index contributed by atoms with van der Waals surface area (Å²) in [7, 11) is 1.44. The van der Waals surface area contributed by atoms with Gasteiger partial charge in [-0.2, -0.15) is 0 Å². The minimum absolute atomic E-state index is 0.0213. The molecular weight excluding hydrogens is 174 g/mol. The highest BCUT2D eigenvalue weighted by atomic mass is 16.6. The molecule has 1 rings (SSSR count). The Bertz CT molecular complexity index is 327. The van der Waals surface area contributed by atoms with Crippen LogP contribution in [-0.2, 0) is 6.54 Å². The van der Waals surface area contributed by atoms with Crippen molar-refractivity contribution in [1.29, 1.82) is 0 Å². The standard InChI is InChI=1S/C7H9N3O3/c1-13-7-3-2-6(10(11)12)5(4-8)9-7/h2-3H,4,8H2,1H3. The Hall–Kier alpha value is -1.69. The molecule has 1 aromatic heterocycles. The normalized spacial score (nSPS) is 9.69. The first-order valence-electron chi connectivity index (χ1n) is 3.57. The number of nitrogens with two attached hydrogens (primary N) is 1. The van der Waals surface area contributed by atoms with Gasteiger partial charge in [-0.25, -0.2) is 4.98 Å². The van der Waals surface area contributed by atoms with Gasteiger partial charge >= 0.3 is 0 Å². The number of nitrogens with zero attached hydrogens (tertiary/aromatic N) is 2. The van der Waals surface area contributed by atoms with Crippen LogP contribution in [-0.4, -0.2) is 17.0 Å². The predicted octanol–water partition coefficient (Wildman–Crippen LogP) is 0.457. The predicted molar refractivity (Wildman–Crippen MR) is 45.3 cm³/mol. The second-order valence-electron chi connectivity index (χ2n) is 2.28. The molecule has 0 aliphatic heterocycles. The van der Waals surface area contributed by atoms with E-state index in [1.165, 1.54) is 19.2 Å². The topological polar surface area (TPSA) is 91.3 Å². The van der Waals surface area contributed by atoms with Crippen LogP contribution in [0.25, 0.3) is 0 Å². The zero-order valence-corrected chi connectivity index (χ0v) is 7.06. The number of aromatic nitrogens is 1. The van der Waals surface area contributed by atoms with E-state index in [2.05, 4.69) is 4.98 Å². The van der Waals surface area contributed by atoms with Crippen LogP contribution < -0.4 is 10.5 Å². The number of hydrogen-bond donors (Lipinski definition) is 1. The van der Waals surface area contributed by atoms with Gasteiger partial charge in [-0.05, 0) is 0 Å². The lowest BCUT2D eigenvalue weighted by atomic mass is 10.3. The van der Waals surface area contributed by atoms with Gasteiger partial charge in [0.1, 0.15) is 5.69 Å². The summed E-state index contributed by atoms with van der Waals surface area (Å²) in [5.74, 6) is 0.325. The van der Waals surface area contributed by atoms with Crippen LogP contribution in [0.5, 0.6) is 5.88 Å². The molecule has 2 N–H and O–H groups in total. The smallest absolute Gasteiger partial charge is 0.292 e. The van der Waals surface area contributed by atoms with Crippen molar-refractivity contribution < 1.29 is 9.66 Å². The lowest BCUT2D eigenvalue weighted by Crippen LogP contribution is -2.05. The number of hydrogen-bond acceptors (Lipinski definition) is 5. The molecule has 0 saturated carbocycles. The van der Waals surface area contributed by atoms with E-state index < -0.39 is 4.92 Å². The average Bonchev–Trinajstić information content (AvgIpc) is 2.16. The van der Waals surface area contributed by atoms with E-state index in [9.17, 15) is 10.1 Å². The van der Waals surface area contributed by atoms with Gasteiger partial charge in [0.15, 0.2) is 0 Å². The summed E-state index contributed by atoms with van der Waals surface area (Å²) < 4.78 is 4.80. The lowest BCUT2D eigenvalue weighted by Gasteiger charge is -2.01. The fourth-order valence-electron chi connectivity index (χ4n) is 0.904. The van der Waals surface area contributed by atoms with Gasteiger partial charge in [0.05, 0.1) is 12.0 Å². The number of nitro groups is 1. The zero-order valence-electron chi connectivity index (χ0n) is 7.06. The summed E-state index contributed by atoms with van der Waals surface area (Å²) in [6, 6.07) is 2.76. The van der Waals surface area contributed by atoms with Crippen molar-refractivity contribution in [1.82, 2.24) is 4.98 Å². The molecule has 70 valence electrons. The molecule has 0 aliphatic carbocycles. The van der Waals surface area contributed by atoms with Crippen molar-refractivity contribution in [2.45, 2.75) is 6.54 Å². The monoisotopic (exact) mass is 183 g/mol. The van der Waals surface area contributed by atoms with Gasteiger partial charge in [-0.3, -0.25) is 10.1 Å². The first-order chi connectivity index (χ1) is 6.19. The Kier molecular flexibility index (Phi) is 2.76. The molecule has 6 heteroatoms. The van der Waals surface area contributed by atoms with Gasteiger partial charge in [0, 0.05) is 18.7 Å². The Balaban J connectivity index is 3.15. The number of rotatable bonds is 3. The molecule has 0 radical (unpaired) electrons. The van der Waals surface area contributed by atoms with Gasteiger partial charge in [0.25, 0.3) is 5.69 Å². The van der Waals surface area contributed by atoms with Gasteiger partial charge in [-0.1, -0.05) is 0 Å². The van der Waals surface area contributed by atoms with Crippen molar-refractivity contribution in [3.05, 3.63) is 27.9 Å². The molecule has 0 aliphatic rings. The van der Waals surface area contributed by atoms with E-state index >= 15 is 0 Å². The van der Waals surface area contributed by atoms with Gasteiger partial charge in [-0.15, -0.1) is 0 Å². The molecule has 0 saturated heterocycles. The Labute approximate surface area is 74.5 Å². The fraction of sp³-hybridized carbons (Fsp3) is 0.286. The first-order valence-corrected chi connectivity index (χ1v) is 3.57. The molecule has 13 heavy (non-hydrogen) atoms. The van der Waals surface area contributed by atoms with Crippen molar-refractivity contribution >= 4 is 5.69 Å². The highest BCUT2D eigenvalue weighted by Gasteiger charge is 2.14. The van der Waals surface area contributed by atoms with E-state index in [-0.39, 0.29) is 17.9 Å². The summed E-state index contributed by atoms with van der Waals surface area (Å²) in [6.45, 7) is 0.0213. The maximum atomic E-state index is 10.4.